The Bertz CT molecular complexity index is 1320. The van der Waals surface area contributed by atoms with Gasteiger partial charge in [0, 0.05) is 18.3 Å². The van der Waals surface area contributed by atoms with Crippen LogP contribution < -0.4 is 14.4 Å². The zero-order chi connectivity index (χ0) is 24.9. The lowest BCUT2D eigenvalue weighted by molar-refractivity contribution is 0.0526. The third kappa shape index (κ3) is 5.20. The van der Waals surface area contributed by atoms with E-state index in [1.807, 2.05) is 0 Å². The Hall–Kier alpha value is -3.85. The maximum Gasteiger partial charge on any atom is 0.338 e. The lowest BCUT2D eigenvalue weighted by Crippen LogP contribution is -2.27. The number of para-hydroxylation sites is 2. The van der Waals surface area contributed by atoms with Crippen molar-refractivity contribution in [1.82, 2.24) is 0 Å². The van der Waals surface area contributed by atoms with Gasteiger partial charge in [-0.2, -0.15) is 0 Å². The molecule has 0 saturated heterocycles. The Morgan fingerprint density at radius 1 is 1.00 bits per heavy atom. The topological polar surface area (TPSA) is 102 Å². The molecule has 3 aromatic rings. The van der Waals surface area contributed by atoms with Crippen molar-refractivity contribution in [2.24, 2.45) is 0 Å². The highest BCUT2D eigenvalue weighted by Crippen LogP contribution is 2.31. The van der Waals surface area contributed by atoms with E-state index in [1.165, 1.54) is 32.4 Å². The molecular weight excluding hydrogens is 456 g/mol. The van der Waals surface area contributed by atoms with Crippen LogP contribution in [0.4, 0.5) is 11.4 Å². The van der Waals surface area contributed by atoms with Crippen molar-refractivity contribution < 1.29 is 27.5 Å². The maximum atomic E-state index is 13.3. The van der Waals surface area contributed by atoms with Crippen LogP contribution in [-0.4, -0.2) is 41.1 Å². The number of methoxy groups -OCH3 is 1. The summed E-state index contributed by atoms with van der Waals surface area (Å²) in [4.78, 5) is 24.9. The van der Waals surface area contributed by atoms with E-state index < -0.39 is 21.9 Å². The fourth-order valence-corrected chi connectivity index (χ4v) is 4.55. The number of sulfonamides is 1. The van der Waals surface area contributed by atoms with Gasteiger partial charge in [-0.15, -0.1) is 0 Å². The van der Waals surface area contributed by atoms with E-state index in [4.69, 9.17) is 9.47 Å². The molecule has 0 unspecified atom stereocenters. The molecular formula is C25H26N2O6S. The van der Waals surface area contributed by atoms with E-state index in [9.17, 15) is 18.0 Å². The van der Waals surface area contributed by atoms with Gasteiger partial charge >= 0.3 is 5.97 Å². The molecule has 0 fully saturated rings. The standard InChI is InChI=1S/C25H26N2O6S/c1-5-33-25(29)18-9-8-10-19(15-18)26-24(28)21-16-20(14-13-17(21)2)34(30,31)27(3)22-11-6-7-12-23(22)32-4/h6-16H,5H2,1-4H3,(H,26,28). The average Bonchev–Trinajstić information content (AvgIpc) is 2.83. The van der Waals surface area contributed by atoms with Crippen LogP contribution in [0.15, 0.2) is 71.6 Å². The van der Waals surface area contributed by atoms with Crippen LogP contribution in [0, 0.1) is 6.92 Å². The van der Waals surface area contributed by atoms with Crippen LogP contribution in [0.5, 0.6) is 5.75 Å². The summed E-state index contributed by atoms with van der Waals surface area (Å²) in [5.41, 5.74) is 1.84. The third-order valence-corrected chi connectivity index (χ3v) is 6.94. The first kappa shape index (κ1) is 24.8. The van der Waals surface area contributed by atoms with Crippen LogP contribution in [-0.2, 0) is 14.8 Å². The maximum absolute atomic E-state index is 13.3. The molecule has 0 atom stereocenters. The second kappa shape index (κ2) is 10.4. The molecule has 0 aromatic heterocycles. The number of rotatable bonds is 8. The quantitative estimate of drug-likeness (QED) is 0.482. The molecule has 0 aliphatic rings. The van der Waals surface area contributed by atoms with Crippen LogP contribution in [0.1, 0.15) is 33.2 Å². The van der Waals surface area contributed by atoms with E-state index >= 15 is 0 Å². The van der Waals surface area contributed by atoms with E-state index in [-0.39, 0.29) is 17.1 Å². The average molecular weight is 483 g/mol. The lowest BCUT2D eigenvalue weighted by Gasteiger charge is -2.22. The molecule has 8 nitrogen and oxygen atoms in total. The predicted molar refractivity (Wildman–Crippen MR) is 130 cm³/mol. The van der Waals surface area contributed by atoms with Crippen molar-refractivity contribution in [3.63, 3.8) is 0 Å². The van der Waals surface area contributed by atoms with Gasteiger partial charge in [0.25, 0.3) is 15.9 Å². The molecule has 1 amide bonds. The highest BCUT2D eigenvalue weighted by molar-refractivity contribution is 7.92. The largest absolute Gasteiger partial charge is 0.495 e. The summed E-state index contributed by atoms with van der Waals surface area (Å²) < 4.78 is 38.0. The fourth-order valence-electron chi connectivity index (χ4n) is 3.32. The highest BCUT2D eigenvalue weighted by Gasteiger charge is 2.25. The summed E-state index contributed by atoms with van der Waals surface area (Å²) in [5, 5.41) is 2.72. The Balaban J connectivity index is 1.91. The molecule has 0 heterocycles. The van der Waals surface area contributed by atoms with E-state index in [2.05, 4.69) is 5.32 Å². The molecule has 0 saturated carbocycles. The van der Waals surface area contributed by atoms with Gasteiger partial charge in [0.05, 0.1) is 29.9 Å². The first-order chi connectivity index (χ1) is 16.2. The molecule has 0 aliphatic carbocycles. The summed E-state index contributed by atoms with van der Waals surface area (Å²) in [5.74, 6) is -0.599. The number of hydrogen-bond acceptors (Lipinski definition) is 6. The number of benzene rings is 3. The monoisotopic (exact) mass is 482 g/mol. The van der Waals surface area contributed by atoms with E-state index in [0.29, 0.717) is 28.3 Å². The first-order valence-corrected chi connectivity index (χ1v) is 11.9. The van der Waals surface area contributed by atoms with Gasteiger partial charge in [-0.25, -0.2) is 13.2 Å². The minimum absolute atomic E-state index is 0.0445. The number of esters is 1. The summed E-state index contributed by atoms with van der Waals surface area (Å²) >= 11 is 0. The second-order valence-electron chi connectivity index (χ2n) is 7.38. The molecule has 1 N–H and O–H groups in total. The molecule has 34 heavy (non-hydrogen) atoms. The third-order valence-electron chi connectivity index (χ3n) is 5.17. The number of hydrogen-bond donors (Lipinski definition) is 1. The minimum atomic E-state index is -3.98. The first-order valence-electron chi connectivity index (χ1n) is 10.5. The van der Waals surface area contributed by atoms with Crippen LogP contribution in [0.3, 0.4) is 0 Å². The molecule has 9 heteroatoms. The molecule has 0 spiro atoms. The van der Waals surface area contributed by atoms with Crippen molar-refractivity contribution in [3.8, 4) is 5.75 Å². The lowest BCUT2D eigenvalue weighted by atomic mass is 10.1. The summed E-state index contributed by atoms with van der Waals surface area (Å²) in [6.45, 7) is 3.65. The molecule has 0 radical (unpaired) electrons. The van der Waals surface area contributed by atoms with Crippen molar-refractivity contribution >= 4 is 33.3 Å². The fraction of sp³-hybridized carbons (Fsp3) is 0.200. The summed E-state index contributed by atoms with van der Waals surface area (Å²) in [7, 11) is -1.10. The van der Waals surface area contributed by atoms with Gasteiger partial charge in [0.1, 0.15) is 5.75 Å². The number of ether oxygens (including phenoxy) is 2. The van der Waals surface area contributed by atoms with Gasteiger partial charge < -0.3 is 14.8 Å². The number of carbonyl (C=O) groups is 2. The SMILES string of the molecule is CCOC(=O)c1cccc(NC(=O)c2cc(S(=O)(=O)N(C)c3ccccc3OC)ccc2C)c1. The molecule has 3 aromatic carbocycles. The van der Waals surface area contributed by atoms with Gasteiger partial charge in [-0.3, -0.25) is 9.10 Å². The highest BCUT2D eigenvalue weighted by atomic mass is 32.2. The van der Waals surface area contributed by atoms with Crippen molar-refractivity contribution in [3.05, 3.63) is 83.4 Å². The van der Waals surface area contributed by atoms with Gasteiger partial charge in [-0.05, 0) is 61.9 Å². The van der Waals surface area contributed by atoms with Gasteiger partial charge in [0.2, 0.25) is 0 Å². The molecule has 0 bridgehead atoms. The molecule has 0 aliphatic heterocycles. The van der Waals surface area contributed by atoms with Crippen LogP contribution in [0.2, 0.25) is 0 Å². The zero-order valence-corrected chi connectivity index (χ0v) is 20.2. The Morgan fingerprint density at radius 3 is 2.44 bits per heavy atom. The number of nitrogens with one attached hydrogen (secondary N) is 1. The number of aryl methyl sites for hydroxylation is 1. The van der Waals surface area contributed by atoms with E-state index in [1.54, 1.807) is 62.4 Å². The van der Waals surface area contributed by atoms with Crippen LogP contribution >= 0.6 is 0 Å². The number of nitrogens with zero attached hydrogens (tertiary/aromatic N) is 1. The Labute approximate surface area is 199 Å². The van der Waals surface area contributed by atoms with Crippen LogP contribution in [0.25, 0.3) is 0 Å². The number of amides is 1. The van der Waals surface area contributed by atoms with Crippen molar-refractivity contribution in [2.45, 2.75) is 18.7 Å². The summed E-state index contributed by atoms with van der Waals surface area (Å²) in [6, 6.07) is 17.5. The predicted octanol–water partition coefficient (Wildman–Crippen LogP) is 4.26. The van der Waals surface area contributed by atoms with Crippen molar-refractivity contribution in [1.29, 1.82) is 0 Å². The van der Waals surface area contributed by atoms with Crippen molar-refractivity contribution in [2.75, 3.05) is 30.4 Å². The second-order valence-corrected chi connectivity index (χ2v) is 9.35. The summed E-state index contributed by atoms with van der Waals surface area (Å²) in [6.07, 6.45) is 0. The number of anilines is 2. The Morgan fingerprint density at radius 2 is 1.74 bits per heavy atom. The number of carbonyl (C=O) groups excluding carboxylic acids is 2. The van der Waals surface area contributed by atoms with Gasteiger partial charge in [-0.1, -0.05) is 24.3 Å². The van der Waals surface area contributed by atoms with Gasteiger partial charge in [0.15, 0.2) is 0 Å². The molecule has 3 rings (SSSR count). The molecule has 178 valence electrons. The Kier molecular flexibility index (Phi) is 7.57. The smallest absolute Gasteiger partial charge is 0.338 e. The normalized spacial score (nSPS) is 10.9. The van der Waals surface area contributed by atoms with E-state index in [0.717, 1.165) is 4.31 Å². The minimum Gasteiger partial charge on any atom is -0.495 e. The zero-order valence-electron chi connectivity index (χ0n) is 19.4.